The van der Waals surface area contributed by atoms with Crippen LogP contribution in [0.2, 0.25) is 0 Å². The maximum atomic E-state index is 12.5. The maximum absolute atomic E-state index is 12.5. The van der Waals surface area contributed by atoms with Gasteiger partial charge in [0.15, 0.2) is 0 Å². The number of hydrogen-bond acceptors (Lipinski definition) is 5. The zero-order valence-corrected chi connectivity index (χ0v) is 16.1. The van der Waals surface area contributed by atoms with E-state index in [1.54, 1.807) is 0 Å². The molecule has 26 heavy (non-hydrogen) atoms. The third-order valence-corrected chi connectivity index (χ3v) is 7.70. The molecule has 4 rings (SSSR count). The average molecular weight is 386 g/mol. The molecule has 2 aliphatic heterocycles. The fraction of sp³-hybridized carbons (Fsp3) is 0.350. The topological polar surface area (TPSA) is 53.2 Å². The van der Waals surface area contributed by atoms with E-state index in [0.29, 0.717) is 10.1 Å². The molecule has 2 heterocycles. The molecule has 0 radical (unpaired) electrons. The normalized spacial score (nSPS) is 23.7. The molecule has 0 saturated carbocycles. The van der Waals surface area contributed by atoms with Crippen LogP contribution >= 0.6 is 23.5 Å². The van der Waals surface area contributed by atoms with E-state index in [-0.39, 0.29) is 18.1 Å². The predicted octanol–water partition coefficient (Wildman–Crippen LogP) is 3.85. The van der Waals surface area contributed by atoms with Crippen molar-refractivity contribution in [2.45, 2.75) is 29.6 Å². The molecule has 0 spiro atoms. The highest BCUT2D eigenvalue weighted by molar-refractivity contribution is 8.16. The van der Waals surface area contributed by atoms with Gasteiger partial charge in [0.05, 0.1) is 10.7 Å². The van der Waals surface area contributed by atoms with E-state index in [1.807, 2.05) is 53.9 Å². The van der Waals surface area contributed by atoms with Gasteiger partial charge in [0, 0.05) is 18.0 Å². The highest BCUT2D eigenvalue weighted by atomic mass is 32.2. The summed E-state index contributed by atoms with van der Waals surface area (Å²) in [6.07, 6.45) is 2.04. The Morgan fingerprint density at radius 3 is 2.38 bits per heavy atom. The largest absolute Gasteiger partial charge is 0.335 e. The number of hydrazine groups is 1. The van der Waals surface area contributed by atoms with Gasteiger partial charge >= 0.3 is 0 Å². The molecule has 2 aliphatic rings. The van der Waals surface area contributed by atoms with E-state index < -0.39 is 0 Å². The summed E-state index contributed by atoms with van der Waals surface area (Å²) in [6.45, 7) is 0. The van der Waals surface area contributed by atoms with Crippen LogP contribution in [-0.4, -0.2) is 23.6 Å². The molecule has 1 amide bonds. The molecule has 136 valence electrons. The van der Waals surface area contributed by atoms with E-state index in [0.717, 1.165) is 6.42 Å². The van der Waals surface area contributed by atoms with Gasteiger partial charge in [-0.05, 0) is 41.2 Å². The van der Waals surface area contributed by atoms with Crippen LogP contribution < -0.4 is 16.2 Å². The first kappa shape index (κ1) is 17.9. The first-order valence-corrected chi connectivity index (χ1v) is 11.1. The van der Waals surface area contributed by atoms with E-state index >= 15 is 0 Å². The van der Waals surface area contributed by atoms with Crippen molar-refractivity contribution in [3.63, 3.8) is 0 Å². The van der Waals surface area contributed by atoms with Crippen molar-refractivity contribution in [2.24, 2.45) is 0 Å². The summed E-state index contributed by atoms with van der Waals surface area (Å²) in [4.78, 5) is 12.5. The fourth-order valence-corrected chi connectivity index (χ4v) is 6.16. The Morgan fingerprint density at radius 1 is 0.923 bits per heavy atom. The summed E-state index contributed by atoms with van der Waals surface area (Å²) in [6, 6.07) is 18.6. The van der Waals surface area contributed by atoms with Crippen molar-refractivity contribution in [1.82, 2.24) is 16.2 Å². The minimum atomic E-state index is -0.0724. The zero-order valence-electron chi connectivity index (χ0n) is 14.5. The minimum absolute atomic E-state index is 0.0338. The third kappa shape index (κ3) is 4.26. The van der Waals surface area contributed by atoms with E-state index in [4.69, 9.17) is 0 Å². The summed E-state index contributed by atoms with van der Waals surface area (Å²) >= 11 is 4.00. The predicted molar refractivity (Wildman–Crippen MR) is 110 cm³/mol. The van der Waals surface area contributed by atoms with E-state index in [1.165, 1.54) is 29.1 Å². The Bertz CT molecular complexity index is 732. The summed E-state index contributed by atoms with van der Waals surface area (Å²) in [5, 5.41) is 3.07. The molecule has 2 aromatic carbocycles. The molecule has 2 fully saturated rings. The second kappa shape index (κ2) is 8.48. The van der Waals surface area contributed by atoms with Gasteiger partial charge in [-0.2, -0.15) is 0 Å². The van der Waals surface area contributed by atoms with Crippen molar-refractivity contribution in [2.75, 3.05) is 11.5 Å². The van der Waals surface area contributed by atoms with Gasteiger partial charge in [-0.1, -0.05) is 42.5 Å². The number of carbonyl (C=O) groups excluding carboxylic acids is 1. The van der Waals surface area contributed by atoms with E-state index in [9.17, 15) is 4.79 Å². The molecule has 0 aromatic heterocycles. The molecule has 3 N–H and O–H groups in total. The van der Waals surface area contributed by atoms with Crippen LogP contribution in [0.25, 0.3) is 0 Å². The molecule has 2 saturated heterocycles. The van der Waals surface area contributed by atoms with Crippen LogP contribution in [0.5, 0.6) is 0 Å². The van der Waals surface area contributed by atoms with Gasteiger partial charge in [-0.25, -0.2) is 10.9 Å². The summed E-state index contributed by atoms with van der Waals surface area (Å²) < 4.78 is 0.508. The molecule has 4 nitrogen and oxygen atoms in total. The minimum Gasteiger partial charge on any atom is -0.335 e. The van der Waals surface area contributed by atoms with Gasteiger partial charge in [0.25, 0.3) is 5.91 Å². The maximum Gasteiger partial charge on any atom is 0.252 e. The molecule has 2 unspecified atom stereocenters. The van der Waals surface area contributed by atoms with Crippen molar-refractivity contribution < 1.29 is 4.79 Å². The standard InChI is InChI=1S/C20H23N3OS2/c24-19(15-7-9-16(10-8-15)20-25-11-4-12-26-20)21-18-13-17(22-23-18)14-5-2-1-3-6-14/h1-3,5-10,17-18,20,22-23H,4,11-13H2,(H,21,24). The molecular weight excluding hydrogens is 362 g/mol. The van der Waals surface area contributed by atoms with Crippen molar-refractivity contribution in [1.29, 1.82) is 0 Å². The molecular formula is C20H23N3OS2. The second-order valence-electron chi connectivity index (χ2n) is 6.56. The lowest BCUT2D eigenvalue weighted by Crippen LogP contribution is -2.44. The van der Waals surface area contributed by atoms with Crippen LogP contribution in [0.15, 0.2) is 54.6 Å². The SMILES string of the molecule is O=C(NC1CC(c2ccccc2)NN1)c1ccc(C2SCCCS2)cc1. The Morgan fingerprint density at radius 2 is 1.65 bits per heavy atom. The van der Waals surface area contributed by atoms with Crippen LogP contribution in [0.3, 0.4) is 0 Å². The van der Waals surface area contributed by atoms with Gasteiger partial charge in [0.2, 0.25) is 0 Å². The molecule has 6 heteroatoms. The van der Waals surface area contributed by atoms with Crippen molar-refractivity contribution >= 4 is 29.4 Å². The van der Waals surface area contributed by atoms with Crippen LogP contribution in [0, 0.1) is 0 Å². The van der Waals surface area contributed by atoms with Gasteiger partial charge in [0.1, 0.15) is 0 Å². The Hall–Kier alpha value is -1.47. The number of rotatable bonds is 4. The molecule has 0 aliphatic carbocycles. The lowest BCUT2D eigenvalue weighted by molar-refractivity contribution is 0.0932. The quantitative estimate of drug-likeness (QED) is 0.746. The fourth-order valence-electron chi connectivity index (χ4n) is 3.27. The first-order chi connectivity index (χ1) is 12.8. The van der Waals surface area contributed by atoms with Gasteiger partial charge in [-0.3, -0.25) is 4.79 Å². The van der Waals surface area contributed by atoms with Crippen LogP contribution in [-0.2, 0) is 0 Å². The number of benzene rings is 2. The summed E-state index contributed by atoms with van der Waals surface area (Å²) in [5.41, 5.74) is 9.69. The Labute approximate surface area is 162 Å². The highest BCUT2D eigenvalue weighted by Gasteiger charge is 2.26. The van der Waals surface area contributed by atoms with Crippen LogP contribution in [0.4, 0.5) is 0 Å². The highest BCUT2D eigenvalue weighted by Crippen LogP contribution is 2.43. The molecule has 2 atom stereocenters. The van der Waals surface area contributed by atoms with Gasteiger partial charge < -0.3 is 5.32 Å². The Balaban J connectivity index is 1.33. The zero-order chi connectivity index (χ0) is 17.8. The number of hydrogen-bond donors (Lipinski definition) is 3. The Kier molecular flexibility index (Phi) is 5.84. The number of thioether (sulfide) groups is 2. The lowest BCUT2D eigenvalue weighted by atomic mass is 10.0. The smallest absolute Gasteiger partial charge is 0.252 e. The van der Waals surface area contributed by atoms with Crippen LogP contribution in [0.1, 0.15) is 45.0 Å². The summed E-state index contributed by atoms with van der Waals surface area (Å²) in [7, 11) is 0. The monoisotopic (exact) mass is 385 g/mol. The van der Waals surface area contributed by atoms with E-state index in [2.05, 4.69) is 40.4 Å². The second-order valence-corrected chi connectivity index (χ2v) is 9.29. The molecule has 0 bridgehead atoms. The molecule has 2 aromatic rings. The van der Waals surface area contributed by atoms with Crippen molar-refractivity contribution in [3.05, 3.63) is 71.3 Å². The third-order valence-electron chi connectivity index (χ3n) is 4.68. The number of carbonyl (C=O) groups is 1. The number of nitrogens with one attached hydrogen (secondary N) is 3. The number of amides is 1. The first-order valence-electron chi connectivity index (χ1n) is 8.99. The van der Waals surface area contributed by atoms with Crippen molar-refractivity contribution in [3.8, 4) is 0 Å². The lowest BCUT2D eigenvalue weighted by Gasteiger charge is -2.21. The summed E-state index contributed by atoms with van der Waals surface area (Å²) in [5.74, 6) is 2.42. The van der Waals surface area contributed by atoms with Gasteiger partial charge in [-0.15, -0.1) is 23.5 Å². The average Bonchev–Trinajstić information content (AvgIpc) is 3.18.